The third-order valence-electron chi connectivity index (χ3n) is 1.92. The maximum Gasteiger partial charge on any atom is 0.252 e. The van der Waals surface area contributed by atoms with Gasteiger partial charge in [-0.05, 0) is 12.1 Å². The molecule has 0 aromatic heterocycles. The molecule has 0 aliphatic rings. The lowest BCUT2D eigenvalue weighted by Crippen LogP contribution is -2.40. The molecule has 0 atom stereocenters. The van der Waals surface area contributed by atoms with Gasteiger partial charge in [0.2, 0.25) is 0 Å². The Hall–Kier alpha value is -1.04. The van der Waals surface area contributed by atoms with Gasteiger partial charge in [-0.2, -0.15) is 0 Å². The second-order valence-corrected chi connectivity index (χ2v) is 3.53. The number of thiol groups is 1. The maximum atomic E-state index is 11.6. The zero-order valence-electron chi connectivity index (χ0n) is 8.05. The highest BCUT2D eigenvalue weighted by Crippen LogP contribution is 2.12. The summed E-state index contributed by atoms with van der Waals surface area (Å²) in [4.78, 5) is 12.2. The number of aliphatic hydroxyl groups excluding tert-OH is 2. The third kappa shape index (κ3) is 3.23. The van der Waals surface area contributed by atoms with Crippen molar-refractivity contribution in [3.63, 3.8) is 0 Å². The Morgan fingerprint density at radius 1 is 1.33 bits per heavy atom. The highest BCUT2D eigenvalue weighted by Gasteiger charge is 2.13. The fourth-order valence-corrected chi connectivity index (χ4v) is 1.34. The zero-order valence-corrected chi connectivity index (χ0v) is 8.95. The van der Waals surface area contributed by atoms with Gasteiger partial charge in [0.15, 0.2) is 0 Å². The number of amides is 1. The molecule has 0 fully saturated rings. The monoisotopic (exact) mass is 227 g/mol. The van der Waals surface area contributed by atoms with Crippen LogP contribution in [0.15, 0.2) is 29.2 Å². The van der Waals surface area contributed by atoms with Crippen molar-refractivity contribution in [2.45, 2.75) is 10.9 Å². The molecule has 4 nitrogen and oxygen atoms in total. The molecule has 0 aliphatic carbocycles. The first-order valence-electron chi connectivity index (χ1n) is 4.49. The summed E-state index contributed by atoms with van der Waals surface area (Å²) in [5.41, 5.74) is 0.424. The lowest BCUT2D eigenvalue weighted by atomic mass is 10.2. The number of hydrogen-bond acceptors (Lipinski definition) is 4. The summed E-state index contributed by atoms with van der Waals surface area (Å²) in [6.45, 7) is -0.589. The molecule has 0 bridgehead atoms. The van der Waals surface area contributed by atoms with E-state index < -0.39 is 6.04 Å². The van der Waals surface area contributed by atoms with Crippen LogP contribution in [0.1, 0.15) is 10.4 Å². The lowest BCUT2D eigenvalue weighted by molar-refractivity contribution is 0.0876. The first kappa shape index (κ1) is 12.0. The number of carbonyl (C=O) groups excluding carboxylic acids is 1. The number of aliphatic hydroxyl groups is 2. The molecule has 15 heavy (non-hydrogen) atoms. The number of rotatable bonds is 4. The van der Waals surface area contributed by atoms with Crippen LogP contribution in [0.2, 0.25) is 0 Å². The summed E-state index contributed by atoms with van der Waals surface area (Å²) in [6, 6.07) is 6.19. The van der Waals surface area contributed by atoms with Crippen LogP contribution in [-0.4, -0.2) is 35.4 Å². The molecule has 0 radical (unpaired) electrons. The van der Waals surface area contributed by atoms with Crippen molar-refractivity contribution >= 4 is 18.5 Å². The zero-order chi connectivity index (χ0) is 11.3. The second-order valence-electron chi connectivity index (χ2n) is 3.05. The highest BCUT2D eigenvalue weighted by atomic mass is 32.1. The van der Waals surface area contributed by atoms with Crippen molar-refractivity contribution in [2.75, 3.05) is 13.2 Å². The number of carbonyl (C=O) groups is 1. The third-order valence-corrected chi connectivity index (χ3v) is 2.31. The fourth-order valence-electron chi connectivity index (χ4n) is 1.08. The van der Waals surface area contributed by atoms with E-state index in [0.29, 0.717) is 10.5 Å². The van der Waals surface area contributed by atoms with Crippen molar-refractivity contribution in [1.29, 1.82) is 0 Å². The Balaban J connectivity index is 2.73. The standard InChI is InChI=1S/C10H13NO3S/c12-5-7(6-13)11-10(14)8-3-1-2-4-9(8)15/h1-4,7,12-13,15H,5-6H2,(H,11,14). The van der Waals surface area contributed by atoms with Crippen LogP contribution in [0, 0.1) is 0 Å². The summed E-state index contributed by atoms with van der Waals surface area (Å²) in [7, 11) is 0. The molecular weight excluding hydrogens is 214 g/mol. The van der Waals surface area contributed by atoms with E-state index in [-0.39, 0.29) is 19.1 Å². The van der Waals surface area contributed by atoms with Crippen LogP contribution in [0.25, 0.3) is 0 Å². The first-order valence-corrected chi connectivity index (χ1v) is 4.94. The summed E-state index contributed by atoms with van der Waals surface area (Å²) >= 11 is 4.13. The average Bonchev–Trinajstić information content (AvgIpc) is 2.26. The molecule has 1 rings (SSSR count). The van der Waals surface area contributed by atoms with Gasteiger partial charge in [-0.25, -0.2) is 0 Å². The molecular formula is C10H13NO3S. The molecule has 5 heteroatoms. The van der Waals surface area contributed by atoms with Gasteiger partial charge in [0.1, 0.15) is 0 Å². The SMILES string of the molecule is O=C(NC(CO)CO)c1ccccc1S. The van der Waals surface area contributed by atoms with Gasteiger partial charge >= 0.3 is 0 Å². The van der Waals surface area contributed by atoms with Gasteiger partial charge in [-0.3, -0.25) is 4.79 Å². The molecule has 0 spiro atoms. The molecule has 0 aliphatic heterocycles. The molecule has 0 saturated carbocycles. The van der Waals surface area contributed by atoms with Crippen LogP contribution in [0.4, 0.5) is 0 Å². The van der Waals surface area contributed by atoms with Crippen LogP contribution in [0.3, 0.4) is 0 Å². The maximum absolute atomic E-state index is 11.6. The fraction of sp³-hybridized carbons (Fsp3) is 0.300. The Morgan fingerprint density at radius 2 is 1.93 bits per heavy atom. The predicted octanol–water partition coefficient (Wildman–Crippen LogP) is 0.0583. The summed E-state index contributed by atoms with van der Waals surface area (Å²) in [6.07, 6.45) is 0. The van der Waals surface area contributed by atoms with Gasteiger partial charge in [0.25, 0.3) is 5.91 Å². The van der Waals surface area contributed by atoms with E-state index in [2.05, 4.69) is 17.9 Å². The average molecular weight is 227 g/mol. The van der Waals surface area contributed by atoms with Crippen molar-refractivity contribution < 1.29 is 15.0 Å². The van der Waals surface area contributed by atoms with Gasteiger partial charge in [-0.15, -0.1) is 12.6 Å². The first-order chi connectivity index (χ1) is 7.19. The predicted molar refractivity (Wildman–Crippen MR) is 59.1 cm³/mol. The quantitative estimate of drug-likeness (QED) is 0.550. The van der Waals surface area contributed by atoms with Gasteiger partial charge in [0, 0.05) is 4.90 Å². The minimum atomic E-state index is -0.634. The van der Waals surface area contributed by atoms with Gasteiger partial charge in [0.05, 0.1) is 24.8 Å². The topological polar surface area (TPSA) is 69.6 Å². The summed E-state index contributed by atoms with van der Waals surface area (Å²) in [5, 5.41) is 20.1. The molecule has 3 N–H and O–H groups in total. The van der Waals surface area contributed by atoms with Crippen LogP contribution in [-0.2, 0) is 0 Å². The normalized spacial score (nSPS) is 10.4. The number of benzene rings is 1. The summed E-state index contributed by atoms with van der Waals surface area (Å²) in [5.74, 6) is -0.353. The number of nitrogens with one attached hydrogen (secondary N) is 1. The van der Waals surface area contributed by atoms with Crippen molar-refractivity contribution in [2.24, 2.45) is 0 Å². The Labute approximate surface area is 93.3 Å². The lowest BCUT2D eigenvalue weighted by Gasteiger charge is -2.13. The van der Waals surface area contributed by atoms with E-state index >= 15 is 0 Å². The molecule has 1 aromatic rings. The largest absolute Gasteiger partial charge is 0.394 e. The van der Waals surface area contributed by atoms with E-state index in [1.165, 1.54) is 0 Å². The van der Waals surface area contributed by atoms with Crippen LogP contribution in [0.5, 0.6) is 0 Å². The Bertz CT molecular complexity index is 339. The van der Waals surface area contributed by atoms with E-state index in [0.717, 1.165) is 0 Å². The van der Waals surface area contributed by atoms with Gasteiger partial charge < -0.3 is 15.5 Å². The van der Waals surface area contributed by atoms with Crippen LogP contribution < -0.4 is 5.32 Å². The van der Waals surface area contributed by atoms with Crippen molar-refractivity contribution in [1.82, 2.24) is 5.32 Å². The van der Waals surface area contributed by atoms with Crippen LogP contribution >= 0.6 is 12.6 Å². The molecule has 0 saturated heterocycles. The smallest absolute Gasteiger partial charge is 0.252 e. The minimum absolute atomic E-state index is 0.295. The van der Waals surface area contributed by atoms with Gasteiger partial charge in [-0.1, -0.05) is 12.1 Å². The molecule has 0 unspecified atom stereocenters. The molecule has 1 aromatic carbocycles. The molecule has 82 valence electrons. The van der Waals surface area contributed by atoms with E-state index in [1.807, 2.05) is 0 Å². The molecule has 0 heterocycles. The van der Waals surface area contributed by atoms with Crippen molar-refractivity contribution in [3.05, 3.63) is 29.8 Å². The second kappa shape index (κ2) is 5.75. The minimum Gasteiger partial charge on any atom is -0.394 e. The Kier molecular flexibility index (Phi) is 4.61. The summed E-state index contributed by atoms with van der Waals surface area (Å²) < 4.78 is 0. The highest BCUT2D eigenvalue weighted by molar-refractivity contribution is 7.80. The van der Waals surface area contributed by atoms with E-state index in [1.54, 1.807) is 24.3 Å². The number of hydrogen-bond donors (Lipinski definition) is 4. The van der Waals surface area contributed by atoms with E-state index in [9.17, 15) is 4.79 Å². The van der Waals surface area contributed by atoms with E-state index in [4.69, 9.17) is 10.2 Å². The Morgan fingerprint density at radius 3 is 2.47 bits per heavy atom. The van der Waals surface area contributed by atoms with Crippen molar-refractivity contribution in [3.8, 4) is 0 Å². The molecule has 1 amide bonds.